The lowest BCUT2D eigenvalue weighted by Gasteiger charge is -2.31. The van der Waals surface area contributed by atoms with Crippen LogP contribution in [0, 0.1) is 0 Å². The molecule has 26 heavy (non-hydrogen) atoms. The monoisotopic (exact) mass is 387 g/mol. The molecule has 2 bridgehead atoms. The first-order valence-electron chi connectivity index (χ1n) is 7.73. The SMILES string of the molecule is COC[C@]12CO[C@@H](C1OP(C)(=O)O)[C@H](n1cnc3c(=O)[nH]c(N)nc31)O2. The van der Waals surface area contributed by atoms with Crippen LogP contribution in [0.1, 0.15) is 6.23 Å². The second kappa shape index (κ2) is 5.84. The molecule has 2 aromatic heterocycles. The van der Waals surface area contributed by atoms with Crippen molar-refractivity contribution in [1.29, 1.82) is 0 Å². The lowest BCUT2D eigenvalue weighted by Crippen LogP contribution is -2.45. The summed E-state index contributed by atoms with van der Waals surface area (Å²) in [6, 6.07) is 0. The van der Waals surface area contributed by atoms with Gasteiger partial charge in [-0.25, -0.2) is 4.98 Å². The number of nitrogens with two attached hydrogens (primary N) is 1. The number of nitrogen functional groups attached to an aromatic ring is 1. The Labute approximate surface area is 146 Å². The molecule has 0 radical (unpaired) electrons. The van der Waals surface area contributed by atoms with E-state index in [4.69, 9.17) is 24.5 Å². The maximum atomic E-state index is 12.0. The number of rotatable bonds is 5. The molecule has 0 spiro atoms. The number of methoxy groups -OCH3 is 1. The van der Waals surface area contributed by atoms with E-state index in [2.05, 4.69) is 15.0 Å². The Kier molecular flexibility index (Phi) is 3.95. The highest BCUT2D eigenvalue weighted by Crippen LogP contribution is 2.52. The van der Waals surface area contributed by atoms with Gasteiger partial charge in [0.1, 0.15) is 17.8 Å². The lowest BCUT2D eigenvalue weighted by atomic mass is 10.0. The van der Waals surface area contributed by atoms with Crippen LogP contribution in [0.4, 0.5) is 5.95 Å². The van der Waals surface area contributed by atoms with Gasteiger partial charge in [-0.05, 0) is 0 Å². The average molecular weight is 387 g/mol. The van der Waals surface area contributed by atoms with Gasteiger partial charge < -0.3 is 24.8 Å². The van der Waals surface area contributed by atoms with Crippen molar-refractivity contribution in [3.63, 3.8) is 0 Å². The van der Waals surface area contributed by atoms with Gasteiger partial charge in [0.05, 0.1) is 19.5 Å². The van der Waals surface area contributed by atoms with E-state index in [-0.39, 0.29) is 30.3 Å². The summed E-state index contributed by atoms with van der Waals surface area (Å²) >= 11 is 0. The van der Waals surface area contributed by atoms with E-state index in [9.17, 15) is 14.3 Å². The molecule has 2 saturated heterocycles. The van der Waals surface area contributed by atoms with Crippen molar-refractivity contribution in [2.45, 2.75) is 24.0 Å². The van der Waals surface area contributed by atoms with Crippen LogP contribution in [-0.4, -0.2) is 69.2 Å². The third-order valence-electron chi connectivity index (χ3n) is 4.40. The number of fused-ring (bicyclic) bond motifs is 3. The van der Waals surface area contributed by atoms with Crippen molar-refractivity contribution in [2.75, 3.05) is 32.7 Å². The fraction of sp³-hybridized carbons (Fsp3) is 0.615. The zero-order valence-corrected chi connectivity index (χ0v) is 14.9. The minimum atomic E-state index is -3.81. The van der Waals surface area contributed by atoms with Crippen LogP contribution in [0.15, 0.2) is 11.1 Å². The molecule has 0 saturated carbocycles. The summed E-state index contributed by atoms with van der Waals surface area (Å²) in [7, 11) is -2.33. The minimum Gasteiger partial charge on any atom is -0.381 e. The summed E-state index contributed by atoms with van der Waals surface area (Å²) in [5, 5.41) is 0. The Hall–Kier alpha value is -1.82. The minimum absolute atomic E-state index is 0.0684. The highest BCUT2D eigenvalue weighted by molar-refractivity contribution is 7.51. The van der Waals surface area contributed by atoms with Crippen molar-refractivity contribution >= 4 is 24.7 Å². The number of hydrogen-bond acceptors (Lipinski definition) is 9. The molecule has 0 aromatic carbocycles. The predicted octanol–water partition coefficient (Wildman–Crippen LogP) is -0.785. The van der Waals surface area contributed by atoms with Crippen LogP contribution in [0.2, 0.25) is 0 Å². The summed E-state index contributed by atoms with van der Waals surface area (Å²) in [5.41, 5.74) is 4.37. The molecule has 2 fully saturated rings. The van der Waals surface area contributed by atoms with Gasteiger partial charge in [0.15, 0.2) is 17.4 Å². The maximum absolute atomic E-state index is 12.0. The molecule has 2 aliphatic heterocycles. The molecular weight excluding hydrogens is 369 g/mol. The Morgan fingerprint density at radius 2 is 2.38 bits per heavy atom. The van der Waals surface area contributed by atoms with E-state index < -0.39 is 37.2 Å². The standard InChI is InChI=1S/C13H18N5O7P/c1-22-3-13-4-23-7(8(13)25-26(2,20)21)11(24-13)18-5-15-6-9(18)16-12(14)17-10(6)19/h5,7-8,11H,3-4H2,1-2H3,(H,20,21)(H3,14,16,17,19)/t7-,8?,11+,13-/m0/s1. The van der Waals surface area contributed by atoms with Crippen LogP contribution in [0.25, 0.3) is 11.2 Å². The molecule has 0 aliphatic carbocycles. The molecule has 13 heteroatoms. The number of hydrogen-bond donors (Lipinski definition) is 3. The number of H-pyrrole nitrogens is 1. The summed E-state index contributed by atoms with van der Waals surface area (Å²) < 4.78 is 35.7. The first-order chi connectivity index (χ1) is 12.2. The Balaban J connectivity index is 1.78. The number of imidazole rings is 1. The number of ether oxygens (including phenoxy) is 3. The number of nitrogens with one attached hydrogen (secondary N) is 1. The fourth-order valence-corrected chi connectivity index (χ4v) is 4.19. The molecule has 4 heterocycles. The third-order valence-corrected chi connectivity index (χ3v) is 5.01. The number of nitrogens with zero attached hydrogens (tertiary/aromatic N) is 3. The van der Waals surface area contributed by atoms with E-state index >= 15 is 0 Å². The number of aromatic amines is 1. The molecule has 2 aliphatic rings. The van der Waals surface area contributed by atoms with Crippen molar-refractivity contribution < 1.29 is 28.2 Å². The topological polar surface area (TPSA) is 164 Å². The van der Waals surface area contributed by atoms with E-state index in [0.29, 0.717) is 0 Å². The van der Waals surface area contributed by atoms with Gasteiger partial charge in [0.2, 0.25) is 5.95 Å². The number of anilines is 1. The molecule has 2 unspecified atom stereocenters. The quantitative estimate of drug-likeness (QED) is 0.554. The van der Waals surface area contributed by atoms with Crippen molar-refractivity contribution in [3.05, 3.63) is 16.7 Å². The van der Waals surface area contributed by atoms with E-state index in [1.54, 1.807) is 0 Å². The van der Waals surface area contributed by atoms with Crippen molar-refractivity contribution in [1.82, 2.24) is 19.5 Å². The van der Waals surface area contributed by atoms with Gasteiger partial charge in [-0.15, -0.1) is 0 Å². The third kappa shape index (κ3) is 2.66. The molecule has 4 N–H and O–H groups in total. The summed E-state index contributed by atoms with van der Waals surface area (Å²) in [4.78, 5) is 32.2. The van der Waals surface area contributed by atoms with E-state index in [1.807, 2.05) is 0 Å². The normalized spacial score (nSPS) is 33.0. The smallest absolute Gasteiger partial charge is 0.325 e. The molecule has 5 atom stereocenters. The summed E-state index contributed by atoms with van der Waals surface area (Å²) in [5.74, 6) is -0.0684. The average Bonchev–Trinajstić information content (AvgIpc) is 3.16. The van der Waals surface area contributed by atoms with Crippen LogP contribution in [-0.2, 0) is 23.3 Å². The van der Waals surface area contributed by atoms with Gasteiger partial charge in [0.25, 0.3) is 5.56 Å². The second-order valence-corrected chi connectivity index (χ2v) is 8.20. The fourth-order valence-electron chi connectivity index (χ4n) is 3.46. The Bertz CT molecular complexity index is 954. The molecule has 4 rings (SSSR count). The van der Waals surface area contributed by atoms with Crippen LogP contribution in [0.3, 0.4) is 0 Å². The van der Waals surface area contributed by atoms with Gasteiger partial charge in [-0.2, -0.15) is 4.98 Å². The predicted molar refractivity (Wildman–Crippen MR) is 87.7 cm³/mol. The van der Waals surface area contributed by atoms with Gasteiger partial charge >= 0.3 is 7.60 Å². The lowest BCUT2D eigenvalue weighted by molar-refractivity contribution is -0.188. The zero-order valence-electron chi connectivity index (χ0n) is 14.0. The zero-order chi connectivity index (χ0) is 18.7. The molecule has 12 nitrogen and oxygen atoms in total. The number of aromatic nitrogens is 4. The molecule has 142 valence electrons. The van der Waals surface area contributed by atoms with Crippen molar-refractivity contribution in [3.8, 4) is 0 Å². The first kappa shape index (κ1) is 17.6. The van der Waals surface area contributed by atoms with Gasteiger partial charge in [-0.1, -0.05) is 0 Å². The molecule has 0 amide bonds. The Morgan fingerprint density at radius 1 is 1.62 bits per heavy atom. The maximum Gasteiger partial charge on any atom is 0.325 e. The van der Waals surface area contributed by atoms with E-state index in [1.165, 1.54) is 18.0 Å². The summed E-state index contributed by atoms with van der Waals surface area (Å²) in [6.07, 6.45) is -0.965. The summed E-state index contributed by atoms with van der Waals surface area (Å²) in [6.45, 7) is 1.32. The molecular formula is C13H18N5O7P. The highest BCUT2D eigenvalue weighted by atomic mass is 31.2. The van der Waals surface area contributed by atoms with Crippen LogP contribution < -0.4 is 11.3 Å². The van der Waals surface area contributed by atoms with Crippen LogP contribution in [0.5, 0.6) is 0 Å². The van der Waals surface area contributed by atoms with Gasteiger partial charge in [-0.3, -0.25) is 23.4 Å². The van der Waals surface area contributed by atoms with E-state index in [0.717, 1.165) is 6.66 Å². The molecule has 2 aromatic rings. The Morgan fingerprint density at radius 3 is 3.08 bits per heavy atom. The second-order valence-electron chi connectivity index (χ2n) is 6.39. The first-order valence-corrected chi connectivity index (χ1v) is 9.76. The highest BCUT2D eigenvalue weighted by Gasteiger charge is 2.64. The van der Waals surface area contributed by atoms with Gasteiger partial charge in [0, 0.05) is 13.8 Å². The van der Waals surface area contributed by atoms with Crippen molar-refractivity contribution in [2.24, 2.45) is 0 Å². The largest absolute Gasteiger partial charge is 0.381 e. The van der Waals surface area contributed by atoms with Crippen LogP contribution >= 0.6 is 7.60 Å².